The van der Waals surface area contributed by atoms with Crippen LogP contribution in [0.25, 0.3) is 11.1 Å². The van der Waals surface area contributed by atoms with E-state index in [1.54, 1.807) is 18.2 Å². The lowest BCUT2D eigenvalue weighted by atomic mass is 10.3. The Balaban J connectivity index is 2.66. The third-order valence-electron chi connectivity index (χ3n) is 1.93. The van der Waals surface area contributed by atoms with E-state index in [4.69, 9.17) is 16.0 Å². The molecule has 2 aromatic rings. The summed E-state index contributed by atoms with van der Waals surface area (Å²) in [6.45, 7) is 0.290. The zero-order valence-electron chi connectivity index (χ0n) is 7.46. The van der Waals surface area contributed by atoms with Crippen LogP contribution in [0.1, 0.15) is 0 Å². The predicted molar refractivity (Wildman–Crippen MR) is 62.2 cm³/mol. The second-order valence-electron chi connectivity index (χ2n) is 2.84. The molecule has 0 N–H and O–H groups in total. The van der Waals surface area contributed by atoms with Crippen LogP contribution in [0.15, 0.2) is 27.4 Å². The molecular formula is C10H5BrClNO2. The summed E-state index contributed by atoms with van der Waals surface area (Å²) < 4.78 is 6.46. The lowest BCUT2D eigenvalue weighted by Crippen LogP contribution is -2.12. The summed E-state index contributed by atoms with van der Waals surface area (Å²) >= 11 is 8.75. The number of nitrogens with zero attached hydrogens (tertiary/aromatic N) is 1. The Morgan fingerprint density at radius 2 is 2.33 bits per heavy atom. The summed E-state index contributed by atoms with van der Waals surface area (Å²) in [5, 5.41) is 0.537. The van der Waals surface area contributed by atoms with E-state index in [9.17, 15) is 4.79 Å². The standard InChI is InChI=1S/C10H5BrClNO2/c11-4-1-5-13-8-3-2-7(12)6-9(8)15-10(13)14/h2-3,6H,5H2. The summed E-state index contributed by atoms with van der Waals surface area (Å²) in [5.41, 5.74) is 1.17. The smallest absolute Gasteiger partial charge is 0.408 e. The third kappa shape index (κ3) is 1.94. The molecule has 0 radical (unpaired) electrons. The van der Waals surface area contributed by atoms with Crippen LogP contribution < -0.4 is 5.76 Å². The zero-order chi connectivity index (χ0) is 10.8. The van der Waals surface area contributed by atoms with Crippen LogP contribution in [0.5, 0.6) is 0 Å². The predicted octanol–water partition coefficient (Wildman–Crippen LogP) is 2.60. The second-order valence-corrected chi connectivity index (χ2v) is 3.67. The fourth-order valence-corrected chi connectivity index (χ4v) is 1.59. The number of hydrogen-bond acceptors (Lipinski definition) is 2. The fourth-order valence-electron chi connectivity index (χ4n) is 1.30. The van der Waals surface area contributed by atoms with Gasteiger partial charge >= 0.3 is 5.76 Å². The molecule has 5 heteroatoms. The summed E-state index contributed by atoms with van der Waals surface area (Å²) in [5.74, 6) is 2.31. The molecule has 0 spiro atoms. The first-order valence-corrected chi connectivity index (χ1v) is 5.27. The molecule has 2 rings (SSSR count). The molecule has 0 amide bonds. The second kappa shape index (κ2) is 4.13. The molecule has 0 aliphatic heterocycles. The van der Waals surface area contributed by atoms with E-state index in [0.717, 1.165) is 0 Å². The first-order chi connectivity index (χ1) is 7.22. The van der Waals surface area contributed by atoms with Gasteiger partial charge in [-0.1, -0.05) is 17.5 Å². The Morgan fingerprint density at radius 3 is 3.07 bits per heavy atom. The first kappa shape index (κ1) is 10.3. The van der Waals surface area contributed by atoms with Gasteiger partial charge in [0.1, 0.15) is 0 Å². The highest BCUT2D eigenvalue weighted by Gasteiger charge is 2.07. The molecular weight excluding hydrogens is 281 g/mol. The topological polar surface area (TPSA) is 35.1 Å². The average molecular weight is 287 g/mol. The first-order valence-electron chi connectivity index (χ1n) is 4.10. The molecule has 0 saturated carbocycles. The van der Waals surface area contributed by atoms with E-state index in [2.05, 4.69) is 26.7 Å². The lowest BCUT2D eigenvalue weighted by molar-refractivity contribution is 0.521. The molecule has 3 nitrogen and oxygen atoms in total. The van der Waals surface area contributed by atoms with E-state index in [1.807, 2.05) is 0 Å². The van der Waals surface area contributed by atoms with Crippen molar-refractivity contribution < 1.29 is 4.42 Å². The van der Waals surface area contributed by atoms with Gasteiger partial charge in [-0.2, -0.15) is 0 Å². The van der Waals surface area contributed by atoms with Gasteiger partial charge in [-0.15, -0.1) is 0 Å². The van der Waals surface area contributed by atoms with E-state index >= 15 is 0 Å². The van der Waals surface area contributed by atoms with Crippen LogP contribution in [-0.4, -0.2) is 4.57 Å². The highest BCUT2D eigenvalue weighted by atomic mass is 79.9. The maximum Gasteiger partial charge on any atom is 0.420 e. The Labute approximate surface area is 98.8 Å². The molecule has 0 bridgehead atoms. The Bertz CT molecular complexity index is 618. The largest absolute Gasteiger partial charge is 0.420 e. The number of benzene rings is 1. The number of rotatable bonds is 1. The Morgan fingerprint density at radius 1 is 1.53 bits per heavy atom. The summed E-state index contributed by atoms with van der Waals surface area (Å²) in [7, 11) is 0. The van der Waals surface area contributed by atoms with Gasteiger partial charge in [0.2, 0.25) is 0 Å². The number of hydrogen-bond donors (Lipinski definition) is 0. The minimum absolute atomic E-state index is 0.290. The molecule has 1 heterocycles. The van der Waals surface area contributed by atoms with Crippen LogP contribution in [0.3, 0.4) is 0 Å². The minimum atomic E-state index is -0.428. The minimum Gasteiger partial charge on any atom is -0.408 e. The van der Waals surface area contributed by atoms with Crippen molar-refractivity contribution in [1.82, 2.24) is 4.57 Å². The summed E-state index contributed by atoms with van der Waals surface area (Å²) in [6.07, 6.45) is 0. The quantitative estimate of drug-likeness (QED) is 0.755. The van der Waals surface area contributed by atoms with Crippen molar-refractivity contribution in [3.05, 3.63) is 33.8 Å². The Kier molecular flexibility index (Phi) is 2.85. The highest BCUT2D eigenvalue weighted by Crippen LogP contribution is 2.17. The van der Waals surface area contributed by atoms with Gasteiger partial charge in [0.05, 0.1) is 12.1 Å². The molecule has 0 saturated heterocycles. The van der Waals surface area contributed by atoms with Crippen LogP contribution in [0, 0.1) is 10.8 Å². The molecule has 76 valence electrons. The third-order valence-corrected chi connectivity index (χ3v) is 2.45. The number of halogens is 2. The number of aromatic nitrogens is 1. The monoisotopic (exact) mass is 285 g/mol. The van der Waals surface area contributed by atoms with Crippen LogP contribution in [0.2, 0.25) is 5.02 Å². The highest BCUT2D eigenvalue weighted by molar-refractivity contribution is 9.12. The fraction of sp³-hybridized carbons (Fsp3) is 0.100. The molecule has 15 heavy (non-hydrogen) atoms. The van der Waals surface area contributed by atoms with Crippen LogP contribution in [-0.2, 0) is 6.54 Å². The molecule has 0 unspecified atom stereocenters. The normalized spacial score (nSPS) is 10.0. The van der Waals surface area contributed by atoms with Gasteiger partial charge in [-0.25, -0.2) is 4.79 Å². The number of fused-ring (bicyclic) bond motifs is 1. The van der Waals surface area contributed by atoms with Crippen molar-refractivity contribution in [3.63, 3.8) is 0 Å². The molecule has 0 fully saturated rings. The van der Waals surface area contributed by atoms with Gasteiger partial charge in [0, 0.05) is 27.0 Å². The van der Waals surface area contributed by atoms with Gasteiger partial charge < -0.3 is 4.42 Å². The lowest BCUT2D eigenvalue weighted by Gasteiger charge is -1.94. The number of oxazole rings is 1. The van der Waals surface area contributed by atoms with Crippen molar-refractivity contribution in [3.8, 4) is 10.8 Å². The van der Waals surface area contributed by atoms with Crippen LogP contribution >= 0.6 is 27.5 Å². The summed E-state index contributed by atoms with van der Waals surface area (Å²) in [6, 6.07) is 5.05. The Hall–Kier alpha value is -1.18. The molecule has 1 aromatic heterocycles. The van der Waals surface area contributed by atoms with Gasteiger partial charge in [0.25, 0.3) is 0 Å². The average Bonchev–Trinajstić information content (AvgIpc) is 2.50. The SMILES string of the molecule is O=c1oc2cc(Cl)ccc2n1CC#CBr. The van der Waals surface area contributed by atoms with Gasteiger partial charge in [-0.3, -0.25) is 4.57 Å². The van der Waals surface area contributed by atoms with Crippen molar-refractivity contribution >= 4 is 38.6 Å². The summed E-state index contributed by atoms with van der Waals surface area (Å²) in [4.78, 5) is 14.0. The van der Waals surface area contributed by atoms with E-state index in [0.29, 0.717) is 22.7 Å². The van der Waals surface area contributed by atoms with Crippen molar-refractivity contribution in [2.45, 2.75) is 6.54 Å². The van der Waals surface area contributed by atoms with Crippen LogP contribution in [0.4, 0.5) is 0 Å². The van der Waals surface area contributed by atoms with E-state index in [1.165, 1.54) is 4.57 Å². The molecule has 0 aliphatic carbocycles. The van der Waals surface area contributed by atoms with Gasteiger partial charge in [0.15, 0.2) is 5.58 Å². The molecule has 1 aromatic carbocycles. The zero-order valence-corrected chi connectivity index (χ0v) is 9.80. The van der Waals surface area contributed by atoms with Crippen molar-refractivity contribution in [1.29, 1.82) is 0 Å². The van der Waals surface area contributed by atoms with Gasteiger partial charge in [-0.05, 0) is 17.0 Å². The molecule has 0 atom stereocenters. The maximum atomic E-state index is 11.4. The maximum absolute atomic E-state index is 11.4. The van der Waals surface area contributed by atoms with Crippen molar-refractivity contribution in [2.75, 3.05) is 0 Å². The molecule has 0 aliphatic rings. The van der Waals surface area contributed by atoms with E-state index < -0.39 is 5.76 Å². The van der Waals surface area contributed by atoms with E-state index in [-0.39, 0.29) is 0 Å². The van der Waals surface area contributed by atoms with Crippen molar-refractivity contribution in [2.24, 2.45) is 0 Å².